The van der Waals surface area contributed by atoms with Gasteiger partial charge in [0.25, 0.3) is 0 Å². The van der Waals surface area contributed by atoms with Crippen molar-refractivity contribution in [1.82, 2.24) is 10.2 Å². The molecule has 2 amide bonds. The zero-order valence-corrected chi connectivity index (χ0v) is 8.79. The van der Waals surface area contributed by atoms with Gasteiger partial charge in [0.05, 0.1) is 13.2 Å². The molecule has 1 aliphatic rings. The molecular formula is C9H15ClN2O2. The Balaban J connectivity index is 2.16. The summed E-state index contributed by atoms with van der Waals surface area (Å²) in [7, 11) is 0. The van der Waals surface area contributed by atoms with Crippen molar-refractivity contribution in [3.8, 4) is 0 Å². The molecule has 0 saturated carbocycles. The minimum atomic E-state index is -0.0347. The molecule has 0 aromatic heterocycles. The maximum Gasteiger partial charge on any atom is 0.317 e. The molecule has 4 nitrogen and oxygen atoms in total. The van der Waals surface area contributed by atoms with Crippen LogP contribution in [0.5, 0.6) is 0 Å². The number of nitrogens with one attached hydrogen (secondary N) is 1. The van der Waals surface area contributed by atoms with Gasteiger partial charge in [-0.3, -0.25) is 0 Å². The molecule has 0 spiro atoms. The second-order valence-corrected chi connectivity index (χ2v) is 3.22. The summed E-state index contributed by atoms with van der Waals surface area (Å²) in [6.45, 7) is 3.13. The Bertz CT molecular complexity index is 203. The zero-order valence-electron chi connectivity index (χ0n) is 8.04. The number of urea groups is 1. The average molecular weight is 219 g/mol. The Morgan fingerprint density at radius 3 is 2.79 bits per heavy atom. The topological polar surface area (TPSA) is 41.6 Å². The number of allylic oxidation sites excluding steroid dienone is 1. The van der Waals surface area contributed by atoms with Gasteiger partial charge in [-0.05, 0) is 0 Å². The monoisotopic (exact) mass is 218 g/mol. The molecule has 14 heavy (non-hydrogen) atoms. The van der Waals surface area contributed by atoms with Gasteiger partial charge in [-0.2, -0.15) is 0 Å². The second kappa shape index (κ2) is 6.68. The maximum atomic E-state index is 11.5. The molecule has 0 bridgehead atoms. The Morgan fingerprint density at radius 1 is 1.43 bits per heavy atom. The lowest BCUT2D eigenvalue weighted by Crippen LogP contribution is -2.46. The number of hydrogen-bond donors (Lipinski definition) is 1. The maximum absolute atomic E-state index is 11.5. The standard InChI is InChI=1S/C9H15ClN2O2/c10-3-1-2-4-11-9(13)12-5-7-14-8-6-12/h1-2H,3-8H2,(H,11,13)/b2-1+. The largest absolute Gasteiger partial charge is 0.378 e. The lowest BCUT2D eigenvalue weighted by atomic mass is 10.4. The highest BCUT2D eigenvalue weighted by Crippen LogP contribution is 1.96. The van der Waals surface area contributed by atoms with E-state index in [9.17, 15) is 4.79 Å². The molecule has 0 aromatic carbocycles. The van der Waals surface area contributed by atoms with Crippen LogP contribution >= 0.6 is 11.6 Å². The van der Waals surface area contributed by atoms with Crippen LogP contribution in [0.1, 0.15) is 0 Å². The fraction of sp³-hybridized carbons (Fsp3) is 0.667. The van der Waals surface area contributed by atoms with Gasteiger partial charge >= 0.3 is 6.03 Å². The quantitative estimate of drug-likeness (QED) is 0.563. The van der Waals surface area contributed by atoms with E-state index in [4.69, 9.17) is 16.3 Å². The summed E-state index contributed by atoms with van der Waals surface area (Å²) < 4.78 is 5.14. The predicted molar refractivity (Wildman–Crippen MR) is 55.7 cm³/mol. The van der Waals surface area contributed by atoms with Crippen LogP contribution in [0.4, 0.5) is 4.79 Å². The summed E-state index contributed by atoms with van der Waals surface area (Å²) in [5, 5.41) is 2.77. The van der Waals surface area contributed by atoms with E-state index in [1.165, 1.54) is 0 Å². The molecule has 0 unspecified atom stereocenters. The first-order valence-electron chi connectivity index (χ1n) is 4.66. The summed E-state index contributed by atoms with van der Waals surface area (Å²) in [6, 6.07) is -0.0347. The molecule has 80 valence electrons. The Morgan fingerprint density at radius 2 is 2.14 bits per heavy atom. The Kier molecular flexibility index (Phi) is 5.40. The molecule has 0 aromatic rings. The number of ether oxygens (including phenoxy) is 1. The summed E-state index contributed by atoms with van der Waals surface area (Å²) in [5.74, 6) is 0.480. The summed E-state index contributed by atoms with van der Waals surface area (Å²) in [6.07, 6.45) is 3.65. The van der Waals surface area contributed by atoms with Crippen molar-refractivity contribution in [2.24, 2.45) is 0 Å². The molecular weight excluding hydrogens is 204 g/mol. The van der Waals surface area contributed by atoms with Crippen LogP contribution in [0.25, 0.3) is 0 Å². The second-order valence-electron chi connectivity index (χ2n) is 2.91. The summed E-state index contributed by atoms with van der Waals surface area (Å²) >= 11 is 5.44. The third kappa shape index (κ3) is 3.98. The zero-order chi connectivity index (χ0) is 10.2. The molecule has 0 radical (unpaired) electrons. The minimum Gasteiger partial charge on any atom is -0.378 e. The van der Waals surface area contributed by atoms with Crippen LogP contribution < -0.4 is 5.32 Å². The highest BCUT2D eigenvalue weighted by molar-refractivity contribution is 6.18. The molecule has 5 heteroatoms. The number of nitrogens with zero attached hydrogens (tertiary/aromatic N) is 1. The van der Waals surface area contributed by atoms with E-state index in [0.29, 0.717) is 38.7 Å². The predicted octanol–water partition coefficient (Wildman–Crippen LogP) is 0.823. The van der Waals surface area contributed by atoms with Gasteiger partial charge in [0.2, 0.25) is 0 Å². The summed E-state index contributed by atoms with van der Waals surface area (Å²) in [5.41, 5.74) is 0. The van der Waals surface area contributed by atoms with Crippen molar-refractivity contribution in [1.29, 1.82) is 0 Å². The van der Waals surface area contributed by atoms with Gasteiger partial charge in [0, 0.05) is 25.5 Å². The molecule has 1 saturated heterocycles. The molecule has 0 aliphatic carbocycles. The van der Waals surface area contributed by atoms with Crippen LogP contribution in [0, 0.1) is 0 Å². The van der Waals surface area contributed by atoms with Crippen LogP contribution in [-0.2, 0) is 4.74 Å². The van der Waals surface area contributed by atoms with Crippen molar-refractivity contribution in [2.75, 3.05) is 38.7 Å². The SMILES string of the molecule is O=C(NC/C=C/CCl)N1CCOCC1. The number of morpholine rings is 1. The minimum absolute atomic E-state index is 0.0347. The van der Waals surface area contributed by atoms with Crippen molar-refractivity contribution in [3.63, 3.8) is 0 Å². The normalized spacial score (nSPS) is 17.4. The fourth-order valence-corrected chi connectivity index (χ4v) is 1.30. The van der Waals surface area contributed by atoms with Crippen molar-refractivity contribution < 1.29 is 9.53 Å². The van der Waals surface area contributed by atoms with Gasteiger partial charge in [-0.1, -0.05) is 12.2 Å². The lowest BCUT2D eigenvalue weighted by Gasteiger charge is -2.26. The number of halogens is 1. The van der Waals surface area contributed by atoms with E-state index in [2.05, 4.69) is 5.32 Å². The van der Waals surface area contributed by atoms with Crippen LogP contribution in [0.15, 0.2) is 12.2 Å². The van der Waals surface area contributed by atoms with Crippen LogP contribution in [0.2, 0.25) is 0 Å². The van der Waals surface area contributed by atoms with Crippen LogP contribution in [-0.4, -0.2) is 49.7 Å². The Labute approximate surface area is 88.9 Å². The smallest absolute Gasteiger partial charge is 0.317 e. The molecule has 1 aliphatic heterocycles. The molecule has 1 rings (SSSR count). The van der Waals surface area contributed by atoms with E-state index in [0.717, 1.165) is 0 Å². The van der Waals surface area contributed by atoms with E-state index >= 15 is 0 Å². The first kappa shape index (κ1) is 11.3. The third-order valence-corrected chi connectivity index (χ3v) is 2.10. The van der Waals surface area contributed by atoms with E-state index in [1.807, 2.05) is 6.08 Å². The van der Waals surface area contributed by atoms with E-state index in [1.54, 1.807) is 11.0 Å². The van der Waals surface area contributed by atoms with Gasteiger partial charge in [0.15, 0.2) is 0 Å². The number of amides is 2. The van der Waals surface area contributed by atoms with Crippen molar-refractivity contribution in [3.05, 3.63) is 12.2 Å². The Hall–Kier alpha value is -0.740. The molecule has 1 fully saturated rings. The van der Waals surface area contributed by atoms with Crippen molar-refractivity contribution in [2.45, 2.75) is 0 Å². The fourth-order valence-electron chi connectivity index (χ4n) is 1.17. The first-order valence-corrected chi connectivity index (χ1v) is 5.19. The average Bonchev–Trinajstić information content (AvgIpc) is 2.25. The molecule has 1 N–H and O–H groups in total. The van der Waals surface area contributed by atoms with Gasteiger partial charge in [-0.15, -0.1) is 11.6 Å². The molecule has 1 heterocycles. The van der Waals surface area contributed by atoms with Crippen LogP contribution in [0.3, 0.4) is 0 Å². The highest BCUT2D eigenvalue weighted by atomic mass is 35.5. The number of alkyl halides is 1. The number of carbonyl (C=O) groups is 1. The third-order valence-electron chi connectivity index (χ3n) is 1.93. The van der Waals surface area contributed by atoms with Gasteiger partial charge in [-0.25, -0.2) is 4.79 Å². The van der Waals surface area contributed by atoms with Gasteiger partial charge in [0.1, 0.15) is 0 Å². The summed E-state index contributed by atoms with van der Waals surface area (Å²) in [4.78, 5) is 13.2. The number of carbonyl (C=O) groups excluding carboxylic acids is 1. The van der Waals surface area contributed by atoms with Crippen molar-refractivity contribution >= 4 is 17.6 Å². The number of rotatable bonds is 3. The van der Waals surface area contributed by atoms with E-state index in [-0.39, 0.29) is 6.03 Å². The first-order chi connectivity index (χ1) is 6.84. The number of hydrogen-bond acceptors (Lipinski definition) is 2. The van der Waals surface area contributed by atoms with Gasteiger partial charge < -0.3 is 15.0 Å². The lowest BCUT2D eigenvalue weighted by molar-refractivity contribution is 0.0534. The van der Waals surface area contributed by atoms with E-state index < -0.39 is 0 Å². The highest BCUT2D eigenvalue weighted by Gasteiger charge is 2.15. The molecule has 0 atom stereocenters.